The highest BCUT2D eigenvalue weighted by Gasteiger charge is 2.33. The Kier molecular flexibility index (Phi) is 5.52. The van der Waals surface area contributed by atoms with Gasteiger partial charge in [-0.05, 0) is 12.1 Å². The van der Waals surface area contributed by atoms with Crippen molar-refractivity contribution >= 4 is 29.3 Å². The maximum absolute atomic E-state index is 12.2. The van der Waals surface area contributed by atoms with Gasteiger partial charge in [-0.15, -0.1) is 0 Å². The average Bonchev–Trinajstić information content (AvgIpc) is 2.67. The number of hydrogen-bond donors (Lipinski definition) is 3. The number of carbonyl (C=O) groups is 3. The van der Waals surface area contributed by atoms with Gasteiger partial charge in [0.15, 0.2) is 5.70 Å². The van der Waals surface area contributed by atoms with Gasteiger partial charge < -0.3 is 20.5 Å². The summed E-state index contributed by atoms with van der Waals surface area (Å²) in [5, 5.41) is 21.0. The van der Waals surface area contributed by atoms with Crippen LogP contribution in [0.25, 0.3) is 0 Å². The average molecular weight is 405 g/mol. The molecule has 4 N–H and O–H groups in total. The van der Waals surface area contributed by atoms with Crippen molar-refractivity contribution in [2.24, 2.45) is 5.73 Å². The van der Waals surface area contributed by atoms with Gasteiger partial charge in [-0.1, -0.05) is 0 Å². The number of nitrogens with two attached hydrogens (primary N) is 1. The molecular formula is C17H19N5O7. The number of non-ortho nitro benzene ring substituents is 1. The van der Waals surface area contributed by atoms with E-state index >= 15 is 0 Å². The predicted molar refractivity (Wildman–Crippen MR) is 98.3 cm³/mol. The summed E-state index contributed by atoms with van der Waals surface area (Å²) in [6, 6.07) is 5.21. The Morgan fingerprint density at radius 2 is 1.86 bits per heavy atom. The minimum atomic E-state index is -1.01. The number of nitro benzene ring substituents is 1. The van der Waals surface area contributed by atoms with Crippen LogP contribution in [0.4, 0.5) is 16.2 Å². The number of nitro groups is 1. The summed E-state index contributed by atoms with van der Waals surface area (Å²) in [7, 11) is 0. The van der Waals surface area contributed by atoms with Crippen LogP contribution in [0.5, 0.6) is 0 Å². The number of carboxylic acid groups (broad SMARTS) is 1. The van der Waals surface area contributed by atoms with Gasteiger partial charge in [-0.3, -0.25) is 25.1 Å². The molecule has 12 nitrogen and oxygen atoms in total. The maximum atomic E-state index is 12.2. The lowest BCUT2D eigenvalue weighted by molar-refractivity contribution is -0.384. The molecule has 3 amide bonds. The number of hydrogen-bond acceptors (Lipinski definition) is 7. The lowest BCUT2D eigenvalue weighted by Crippen LogP contribution is -2.50. The van der Waals surface area contributed by atoms with Crippen LogP contribution in [-0.2, 0) is 14.3 Å². The first-order chi connectivity index (χ1) is 13.8. The Morgan fingerprint density at radius 3 is 2.38 bits per heavy atom. The molecule has 1 aromatic rings. The van der Waals surface area contributed by atoms with Crippen molar-refractivity contribution in [1.82, 2.24) is 10.3 Å². The van der Waals surface area contributed by atoms with Crippen LogP contribution in [0.1, 0.15) is 19.3 Å². The lowest BCUT2D eigenvalue weighted by Gasteiger charge is -2.35. The number of nitrogens with one attached hydrogen (secondary N) is 1. The number of hydrazine groups is 1. The van der Waals surface area contributed by atoms with Gasteiger partial charge in [0.25, 0.3) is 11.6 Å². The van der Waals surface area contributed by atoms with E-state index in [9.17, 15) is 24.5 Å². The number of rotatable bonds is 5. The second kappa shape index (κ2) is 8.04. The topological polar surface area (TPSA) is 168 Å². The summed E-state index contributed by atoms with van der Waals surface area (Å²) < 4.78 is 5.87. The van der Waals surface area contributed by atoms with Gasteiger partial charge in [0.05, 0.1) is 17.0 Å². The summed E-state index contributed by atoms with van der Waals surface area (Å²) in [6.07, 6.45) is -0.787. The molecule has 0 atom stereocenters. The maximum Gasteiger partial charge on any atom is 0.407 e. The molecule has 0 radical (unpaired) electrons. The van der Waals surface area contributed by atoms with Crippen LogP contribution >= 0.6 is 0 Å². The van der Waals surface area contributed by atoms with Crippen molar-refractivity contribution in [3.05, 3.63) is 45.8 Å². The third-order valence-electron chi connectivity index (χ3n) is 4.62. The van der Waals surface area contributed by atoms with Crippen LogP contribution in [0.2, 0.25) is 0 Å². The molecule has 0 bridgehead atoms. The molecule has 0 unspecified atom stereocenters. The van der Waals surface area contributed by atoms with Crippen molar-refractivity contribution in [3.63, 3.8) is 0 Å². The molecule has 1 fully saturated rings. The Hall–Kier alpha value is -3.83. The first-order valence-electron chi connectivity index (χ1n) is 8.78. The molecule has 3 rings (SSSR count). The van der Waals surface area contributed by atoms with E-state index in [0.717, 1.165) is 5.01 Å². The van der Waals surface area contributed by atoms with E-state index in [1.807, 2.05) is 0 Å². The van der Waals surface area contributed by atoms with E-state index < -0.39 is 22.8 Å². The normalized spacial score (nSPS) is 17.7. The lowest BCUT2D eigenvalue weighted by atomic mass is 10.1. The fourth-order valence-electron chi connectivity index (χ4n) is 3.20. The van der Waals surface area contributed by atoms with E-state index in [-0.39, 0.29) is 42.8 Å². The molecule has 0 aliphatic carbocycles. The Balaban J connectivity index is 1.85. The van der Waals surface area contributed by atoms with E-state index in [2.05, 4.69) is 5.43 Å². The number of piperidine rings is 1. The number of carbonyl (C=O) groups excluding carboxylic acids is 2. The fourth-order valence-corrected chi connectivity index (χ4v) is 3.20. The summed E-state index contributed by atoms with van der Waals surface area (Å²) in [6.45, 7) is 0.550. The predicted octanol–water partition coefficient (Wildman–Crippen LogP) is 0.692. The number of benzene rings is 1. The highest BCUT2D eigenvalue weighted by molar-refractivity contribution is 6.00. The van der Waals surface area contributed by atoms with Crippen LogP contribution in [0.3, 0.4) is 0 Å². The van der Waals surface area contributed by atoms with Crippen molar-refractivity contribution in [3.8, 4) is 0 Å². The first kappa shape index (κ1) is 19.9. The van der Waals surface area contributed by atoms with Crippen molar-refractivity contribution in [1.29, 1.82) is 0 Å². The fraction of sp³-hybridized carbons (Fsp3) is 0.353. The number of likely N-dealkylation sites (tertiary alicyclic amines) is 1. The summed E-state index contributed by atoms with van der Waals surface area (Å²) >= 11 is 0. The third kappa shape index (κ3) is 4.36. The zero-order valence-corrected chi connectivity index (χ0v) is 15.2. The van der Waals surface area contributed by atoms with Gasteiger partial charge in [0.1, 0.15) is 11.9 Å². The largest absolute Gasteiger partial charge is 0.492 e. The number of anilines is 1. The van der Waals surface area contributed by atoms with Crippen molar-refractivity contribution < 1.29 is 29.2 Å². The van der Waals surface area contributed by atoms with E-state index in [0.29, 0.717) is 18.5 Å². The third-order valence-corrected chi connectivity index (χ3v) is 4.62. The van der Waals surface area contributed by atoms with Gasteiger partial charge in [0.2, 0.25) is 5.91 Å². The minimum Gasteiger partial charge on any atom is -0.492 e. The van der Waals surface area contributed by atoms with Gasteiger partial charge in [-0.2, -0.15) is 0 Å². The highest BCUT2D eigenvalue weighted by atomic mass is 16.6. The molecule has 12 heteroatoms. The van der Waals surface area contributed by atoms with Crippen molar-refractivity contribution in [2.75, 3.05) is 18.1 Å². The monoisotopic (exact) mass is 405 g/mol. The molecule has 1 saturated heterocycles. The number of amides is 3. The van der Waals surface area contributed by atoms with Gasteiger partial charge >= 0.3 is 6.09 Å². The van der Waals surface area contributed by atoms with Crippen molar-refractivity contribution in [2.45, 2.75) is 25.4 Å². The smallest absolute Gasteiger partial charge is 0.407 e. The second-order valence-electron chi connectivity index (χ2n) is 6.54. The summed E-state index contributed by atoms with van der Waals surface area (Å²) in [4.78, 5) is 46.8. The number of nitrogens with zero attached hydrogens (tertiary/aromatic N) is 3. The highest BCUT2D eigenvalue weighted by Crippen LogP contribution is 2.29. The molecule has 0 saturated carbocycles. The molecule has 29 heavy (non-hydrogen) atoms. The number of primary amides is 1. The first-order valence-corrected chi connectivity index (χ1v) is 8.78. The molecule has 154 valence electrons. The van der Waals surface area contributed by atoms with Crippen LogP contribution in [0.15, 0.2) is 35.7 Å². The van der Waals surface area contributed by atoms with Crippen LogP contribution in [-0.4, -0.2) is 52.0 Å². The van der Waals surface area contributed by atoms with E-state index in [1.165, 1.54) is 29.2 Å². The summed E-state index contributed by atoms with van der Waals surface area (Å²) in [5.74, 6) is -1.22. The molecule has 2 heterocycles. The van der Waals surface area contributed by atoms with E-state index in [4.69, 9.17) is 15.6 Å². The molecule has 2 aliphatic heterocycles. The van der Waals surface area contributed by atoms with Crippen LogP contribution in [0, 0.1) is 10.1 Å². The number of ether oxygens (including phenoxy) is 1. The zero-order valence-electron chi connectivity index (χ0n) is 15.2. The molecule has 0 aromatic heterocycles. The molecular weight excluding hydrogens is 386 g/mol. The summed E-state index contributed by atoms with van der Waals surface area (Å²) in [5.41, 5.74) is 8.07. The minimum absolute atomic E-state index is 0.0772. The second-order valence-corrected chi connectivity index (χ2v) is 6.54. The Bertz CT molecular complexity index is 875. The molecule has 2 aliphatic rings. The SMILES string of the molecule is NC(=O)C1=C(OC2CCN(C(=O)O)CC2)CC(=O)NN1c1ccc([N+](=O)[O-])cc1. The Morgan fingerprint density at radius 1 is 1.24 bits per heavy atom. The zero-order chi connectivity index (χ0) is 21.1. The molecule has 0 spiro atoms. The molecule has 1 aromatic carbocycles. The van der Waals surface area contributed by atoms with Gasteiger partial charge in [0, 0.05) is 38.1 Å². The van der Waals surface area contributed by atoms with Crippen LogP contribution < -0.4 is 16.2 Å². The standard InChI is InChI=1S/C17H19N5O7/c18-16(24)15-13(29-12-5-7-20(8-6-12)17(25)26)9-14(23)19-21(15)10-1-3-11(4-2-10)22(27)28/h1-4,12H,5-9H2,(H2,18,24)(H,19,23)(H,25,26). The van der Waals surface area contributed by atoms with Gasteiger partial charge in [-0.25, -0.2) is 9.80 Å². The van der Waals surface area contributed by atoms with E-state index in [1.54, 1.807) is 0 Å². The quantitative estimate of drug-likeness (QED) is 0.475. The Labute approximate surface area is 164 Å².